The normalized spacial score (nSPS) is 21.4. The molecule has 16 heterocycles. The number of nitrogens with zero attached hydrogens (tertiary/aromatic N) is 4. The van der Waals surface area contributed by atoms with Crippen LogP contribution < -0.4 is 21.3 Å². The number of carbonyl (C=O) groups is 8. The van der Waals surface area contributed by atoms with Crippen LogP contribution in [-0.4, -0.2) is 85.5 Å². The monoisotopic (exact) mass is 1490 g/mol. The highest BCUT2D eigenvalue weighted by Gasteiger charge is 2.50. The van der Waals surface area contributed by atoms with E-state index in [-0.39, 0.29) is 54.7 Å². The lowest BCUT2D eigenvalue weighted by atomic mass is 9.83. The first-order chi connectivity index (χ1) is 54.9. The Morgan fingerprint density at radius 2 is 0.425 bits per heavy atom. The van der Waals surface area contributed by atoms with Gasteiger partial charge in [0.2, 0.25) is 47.3 Å². The Kier molecular flexibility index (Phi) is 16.5. The van der Waals surface area contributed by atoms with Crippen LogP contribution in [0.4, 0.5) is 0 Å². The highest BCUT2D eigenvalue weighted by molar-refractivity contribution is 6.17. The Hall–Kier alpha value is -13.4. The van der Waals surface area contributed by atoms with Crippen molar-refractivity contribution < 1.29 is 38.4 Å². The first-order valence-corrected chi connectivity index (χ1v) is 38.9. The van der Waals surface area contributed by atoms with Crippen LogP contribution in [0.5, 0.6) is 0 Å². The number of fused-ring (bicyclic) bond motifs is 4. The van der Waals surface area contributed by atoms with Crippen molar-refractivity contribution in [2.75, 3.05) is 0 Å². The average molecular weight is 1490 g/mol. The molecule has 24 rings (SSSR count). The molecule has 20 heteroatoms. The highest BCUT2D eigenvalue weighted by Crippen LogP contribution is 2.50. The molecule has 8 amide bonds. The van der Waals surface area contributed by atoms with Crippen LogP contribution in [0.1, 0.15) is 147 Å². The molecule has 8 aliphatic rings. The van der Waals surface area contributed by atoms with Gasteiger partial charge in [0, 0.05) is 141 Å². The van der Waals surface area contributed by atoms with E-state index in [1.165, 1.54) is 44.3 Å². The number of aryl methyl sites for hydroxylation is 8. The number of carbonyl (C=O) groups excluding carboxylic acids is 8. The van der Waals surface area contributed by atoms with Gasteiger partial charge in [0.1, 0.15) is 0 Å². The highest BCUT2D eigenvalue weighted by atomic mass is 16.2. The van der Waals surface area contributed by atoms with Crippen LogP contribution in [0.2, 0.25) is 0 Å². The summed E-state index contributed by atoms with van der Waals surface area (Å²) in [5.74, 6) is -5.81. The van der Waals surface area contributed by atoms with Gasteiger partial charge in [-0.25, -0.2) is 0 Å². The quantitative estimate of drug-likeness (QED) is 0.0676. The third-order valence-corrected chi connectivity index (χ3v) is 25.2. The fraction of sp³-hybridized carbons (Fsp3) is 0.226. The van der Waals surface area contributed by atoms with E-state index < -0.39 is 47.3 Å². The number of nitrogens with one attached hydrogen (secondary N) is 8. The summed E-state index contributed by atoms with van der Waals surface area (Å²) in [6.45, 7) is 3.81. The maximum atomic E-state index is 12.9. The molecule has 8 aromatic carbocycles. The van der Waals surface area contributed by atoms with Crippen molar-refractivity contribution in [3.63, 3.8) is 0 Å². The van der Waals surface area contributed by atoms with Crippen molar-refractivity contribution >= 4 is 134 Å². The van der Waals surface area contributed by atoms with Gasteiger partial charge in [-0.3, -0.25) is 59.6 Å². The Balaban J connectivity index is 0.0000000976. The molecule has 113 heavy (non-hydrogen) atoms. The van der Waals surface area contributed by atoms with E-state index in [0.717, 1.165) is 187 Å². The minimum Gasteiger partial charge on any atom is -0.361 e. The van der Waals surface area contributed by atoms with Crippen molar-refractivity contribution in [3.8, 4) is 0 Å². The van der Waals surface area contributed by atoms with Gasteiger partial charge in [-0.15, -0.1) is 0 Å². The van der Waals surface area contributed by atoms with Gasteiger partial charge in [0.25, 0.3) is 0 Å². The summed E-state index contributed by atoms with van der Waals surface area (Å²) in [7, 11) is 0. The molecule has 560 valence electrons. The molecule has 0 unspecified atom stereocenters. The number of benzene rings is 8. The number of para-hydroxylation sites is 8. The Labute approximate surface area is 647 Å². The third kappa shape index (κ3) is 10.9. The Morgan fingerprint density at radius 1 is 0.230 bits per heavy atom. The van der Waals surface area contributed by atoms with E-state index >= 15 is 0 Å². The van der Waals surface area contributed by atoms with Crippen LogP contribution in [0.3, 0.4) is 0 Å². The average Bonchev–Trinajstić information content (AvgIpc) is 1.59. The minimum atomic E-state index is -0.521. The number of aromatic amines is 4. The summed E-state index contributed by atoms with van der Waals surface area (Å²) in [6, 6.07) is 56.9. The second-order valence-electron chi connectivity index (χ2n) is 31.2. The van der Waals surface area contributed by atoms with E-state index in [2.05, 4.69) is 157 Å². The zero-order valence-corrected chi connectivity index (χ0v) is 60.9. The van der Waals surface area contributed by atoms with Crippen LogP contribution >= 0.6 is 0 Å². The van der Waals surface area contributed by atoms with Gasteiger partial charge < -0.3 is 38.2 Å². The molecular formula is C93H80N12O8. The van der Waals surface area contributed by atoms with E-state index in [4.69, 9.17) is 0 Å². The van der Waals surface area contributed by atoms with E-state index in [1.54, 1.807) is 0 Å². The predicted molar refractivity (Wildman–Crippen MR) is 435 cm³/mol. The molecule has 0 radical (unpaired) electrons. The molecule has 0 bridgehead atoms. The van der Waals surface area contributed by atoms with Gasteiger partial charge in [-0.1, -0.05) is 153 Å². The zero-order valence-electron chi connectivity index (χ0n) is 60.9. The Morgan fingerprint density at radius 3 is 0.646 bits per heavy atom. The van der Waals surface area contributed by atoms with E-state index in [0.29, 0.717) is 0 Å². The first-order valence-electron chi connectivity index (χ1n) is 38.9. The molecule has 4 fully saturated rings. The summed E-state index contributed by atoms with van der Waals surface area (Å²) in [5.41, 5.74) is 21.4. The van der Waals surface area contributed by atoms with Gasteiger partial charge in [-0.05, 0) is 142 Å². The standard InChI is InChI=1S/4C23H19N3O2.CH4/c4*27-22-19(16-11-24-18-9-2-1-7-14(16)18)20(23(28)25-22)17-12-26-10-4-6-13-5-3-8-15(17)21(13)26;/h4*1-3,5,7-9,11-12,19-20,24H,4,6,10H2,(H,25,27,28);1H4/t2*19-,20+;2*19-,20-;/m1010./s1. The number of aromatic nitrogens is 8. The molecule has 16 aromatic rings. The van der Waals surface area contributed by atoms with Gasteiger partial charge in [-0.2, -0.15) is 0 Å². The summed E-state index contributed by atoms with van der Waals surface area (Å²) in [5, 5.41) is 18.7. The minimum absolute atomic E-state index is 0. The topological polar surface area (TPSA) is 268 Å². The zero-order chi connectivity index (χ0) is 75.3. The molecule has 8 aliphatic heterocycles. The molecule has 8 N–H and O–H groups in total. The molecular weight excluding hydrogens is 1410 g/mol. The summed E-state index contributed by atoms with van der Waals surface area (Å²) >= 11 is 0. The largest absolute Gasteiger partial charge is 0.361 e. The second kappa shape index (κ2) is 27.0. The van der Waals surface area contributed by atoms with E-state index in [1.807, 2.05) is 122 Å². The maximum Gasteiger partial charge on any atom is 0.235 e. The lowest BCUT2D eigenvalue weighted by Gasteiger charge is -2.15. The number of hydrogen-bond acceptors (Lipinski definition) is 8. The second-order valence-corrected chi connectivity index (χ2v) is 31.2. The van der Waals surface area contributed by atoms with Crippen LogP contribution in [0.25, 0.3) is 87.2 Å². The summed E-state index contributed by atoms with van der Waals surface area (Å²) in [6.07, 6.45) is 24.5. The molecule has 8 aromatic heterocycles. The lowest BCUT2D eigenvalue weighted by molar-refractivity contribution is -0.127. The van der Waals surface area contributed by atoms with Gasteiger partial charge in [0.15, 0.2) is 0 Å². The number of hydrogen-bond donors (Lipinski definition) is 8. The van der Waals surface area contributed by atoms with Crippen molar-refractivity contribution in [2.45, 2.75) is 132 Å². The van der Waals surface area contributed by atoms with Crippen LogP contribution in [0, 0.1) is 0 Å². The summed E-state index contributed by atoms with van der Waals surface area (Å²) in [4.78, 5) is 116. The number of amides is 8. The lowest BCUT2D eigenvalue weighted by Crippen LogP contribution is -2.21. The van der Waals surface area contributed by atoms with Crippen molar-refractivity contribution in [1.29, 1.82) is 0 Å². The van der Waals surface area contributed by atoms with Crippen molar-refractivity contribution in [1.82, 2.24) is 59.5 Å². The Bertz CT molecular complexity index is 5920. The van der Waals surface area contributed by atoms with Crippen molar-refractivity contribution in [3.05, 3.63) is 286 Å². The fourth-order valence-corrected chi connectivity index (χ4v) is 20.4. The molecule has 0 aliphatic carbocycles. The third-order valence-electron chi connectivity index (χ3n) is 25.2. The van der Waals surface area contributed by atoms with Gasteiger partial charge >= 0.3 is 0 Å². The first kappa shape index (κ1) is 68.9. The predicted octanol–water partition coefficient (Wildman–Crippen LogP) is 15.0. The molecule has 4 saturated heterocycles. The van der Waals surface area contributed by atoms with E-state index in [9.17, 15) is 38.4 Å². The molecule has 8 atom stereocenters. The fourth-order valence-electron chi connectivity index (χ4n) is 20.4. The van der Waals surface area contributed by atoms with Crippen LogP contribution in [0.15, 0.2) is 219 Å². The molecule has 0 spiro atoms. The molecule has 20 nitrogen and oxygen atoms in total. The number of imide groups is 4. The number of rotatable bonds is 8. The number of H-pyrrole nitrogens is 4. The smallest absolute Gasteiger partial charge is 0.235 e. The SMILES string of the molecule is C.O=C1NC(=O)[C@@H](c2c[nH]c3ccccc23)[C@H]1c1cn2c3c(cccc13)CCC2.O=C1NC(=O)[C@@H](c2cn3c4c(cccc24)CCC3)[C@@H]1c1c[nH]c2ccccc12.O=C1NC(=O)[C@@H](c2cn3c4c(cccc24)CCC3)[C@H]1c1c[nH]c2ccccc12.O=C1NC(=O)[C@H](c2cn3c4c(cccc24)CCC3)[C@H]1c1c[nH]c2ccccc12. The van der Waals surface area contributed by atoms with Crippen molar-refractivity contribution in [2.24, 2.45) is 0 Å². The van der Waals surface area contributed by atoms with Gasteiger partial charge in [0.05, 0.1) is 69.4 Å². The summed E-state index contributed by atoms with van der Waals surface area (Å²) < 4.78 is 9.02. The maximum absolute atomic E-state index is 12.9. The molecule has 0 saturated carbocycles. The van der Waals surface area contributed by atoms with Crippen LogP contribution in [-0.2, 0) is 90.2 Å².